The van der Waals surface area contributed by atoms with E-state index < -0.39 is 0 Å². The number of likely N-dealkylation sites (tertiary alicyclic amines) is 1. The zero-order chi connectivity index (χ0) is 17.4. The maximum absolute atomic E-state index is 12.3. The van der Waals surface area contributed by atoms with Gasteiger partial charge >= 0.3 is 0 Å². The first-order chi connectivity index (χ1) is 11.6. The molecule has 24 heavy (non-hydrogen) atoms. The van der Waals surface area contributed by atoms with Crippen molar-refractivity contribution in [2.24, 2.45) is 0 Å². The second-order valence-corrected chi connectivity index (χ2v) is 5.91. The molecule has 1 fully saturated rings. The second kappa shape index (κ2) is 9.27. The number of para-hydroxylation sites is 1. The lowest BCUT2D eigenvalue weighted by Crippen LogP contribution is -2.48. The molecule has 6 nitrogen and oxygen atoms in total. The number of amides is 2. The molecule has 6 heteroatoms. The molecule has 0 atom stereocenters. The van der Waals surface area contributed by atoms with Gasteiger partial charge in [-0.25, -0.2) is 0 Å². The van der Waals surface area contributed by atoms with Crippen molar-refractivity contribution in [1.29, 1.82) is 0 Å². The lowest BCUT2D eigenvalue weighted by Gasteiger charge is -2.32. The molecule has 1 aromatic rings. The average molecular weight is 334 g/mol. The van der Waals surface area contributed by atoms with Crippen LogP contribution in [0.3, 0.4) is 0 Å². The Bertz CT molecular complexity index is 554. The Morgan fingerprint density at radius 3 is 2.58 bits per heavy atom. The normalized spacial score (nSPS) is 15.2. The number of nitrogens with one attached hydrogen (secondary N) is 1. The molecule has 0 unspecified atom stereocenters. The molecule has 2 amide bonds. The van der Waals surface area contributed by atoms with E-state index in [0.29, 0.717) is 13.1 Å². The van der Waals surface area contributed by atoms with Crippen LogP contribution in [0.15, 0.2) is 24.3 Å². The molecule has 1 aromatic carbocycles. The standard InChI is InChI=1S/C18H26N2O4/c1-3-14-6-4-5-7-16(14)24-13-18(22)20-10-8-15(9-11-20)19-17(21)12-23-2/h4-7,15H,3,8-13H2,1-2H3,(H,19,21). The molecule has 1 aliphatic rings. The van der Waals surface area contributed by atoms with Crippen molar-refractivity contribution >= 4 is 11.8 Å². The summed E-state index contributed by atoms with van der Waals surface area (Å²) in [5.74, 6) is 0.652. The predicted molar refractivity (Wildman–Crippen MR) is 90.9 cm³/mol. The topological polar surface area (TPSA) is 67.9 Å². The first-order valence-corrected chi connectivity index (χ1v) is 8.40. The summed E-state index contributed by atoms with van der Waals surface area (Å²) in [6.07, 6.45) is 2.39. The molecule has 0 bridgehead atoms. The largest absolute Gasteiger partial charge is 0.483 e. The maximum atomic E-state index is 12.3. The van der Waals surface area contributed by atoms with Crippen molar-refractivity contribution in [2.45, 2.75) is 32.2 Å². The number of nitrogens with zero attached hydrogens (tertiary/aromatic N) is 1. The van der Waals surface area contributed by atoms with E-state index in [1.165, 1.54) is 7.11 Å². The zero-order valence-electron chi connectivity index (χ0n) is 14.4. The average Bonchev–Trinajstić information content (AvgIpc) is 2.60. The van der Waals surface area contributed by atoms with Gasteiger partial charge in [0.05, 0.1) is 0 Å². The van der Waals surface area contributed by atoms with Gasteiger partial charge in [0.1, 0.15) is 12.4 Å². The maximum Gasteiger partial charge on any atom is 0.260 e. The van der Waals surface area contributed by atoms with Crippen LogP contribution in [0.2, 0.25) is 0 Å². The van der Waals surface area contributed by atoms with Gasteiger partial charge in [0.15, 0.2) is 6.61 Å². The van der Waals surface area contributed by atoms with E-state index in [9.17, 15) is 9.59 Å². The molecule has 1 saturated heterocycles. The Balaban J connectivity index is 1.75. The summed E-state index contributed by atoms with van der Waals surface area (Å²) in [4.78, 5) is 25.6. The first kappa shape index (κ1) is 18.3. The van der Waals surface area contributed by atoms with Crippen molar-refractivity contribution in [3.05, 3.63) is 29.8 Å². The van der Waals surface area contributed by atoms with Gasteiger partial charge in [-0.05, 0) is 30.9 Å². The van der Waals surface area contributed by atoms with E-state index >= 15 is 0 Å². The molecule has 1 aliphatic heterocycles. The highest BCUT2D eigenvalue weighted by Gasteiger charge is 2.24. The van der Waals surface area contributed by atoms with Crippen molar-refractivity contribution < 1.29 is 19.1 Å². The van der Waals surface area contributed by atoms with Gasteiger partial charge in [0.2, 0.25) is 5.91 Å². The minimum atomic E-state index is -0.109. The van der Waals surface area contributed by atoms with E-state index in [-0.39, 0.29) is 31.1 Å². The van der Waals surface area contributed by atoms with Crippen LogP contribution < -0.4 is 10.1 Å². The summed E-state index contributed by atoms with van der Waals surface area (Å²) in [5, 5.41) is 2.92. The van der Waals surface area contributed by atoms with Gasteiger partial charge < -0.3 is 19.7 Å². The molecule has 1 heterocycles. The minimum Gasteiger partial charge on any atom is -0.483 e. The molecule has 0 aromatic heterocycles. The van der Waals surface area contributed by atoms with E-state index in [2.05, 4.69) is 12.2 Å². The second-order valence-electron chi connectivity index (χ2n) is 5.91. The number of carbonyl (C=O) groups excluding carboxylic acids is 2. The molecule has 2 rings (SSSR count). The van der Waals surface area contributed by atoms with Gasteiger partial charge in [0, 0.05) is 26.2 Å². The van der Waals surface area contributed by atoms with Crippen LogP contribution in [0.4, 0.5) is 0 Å². The quantitative estimate of drug-likeness (QED) is 0.818. The van der Waals surface area contributed by atoms with Crippen LogP contribution in [-0.4, -0.2) is 56.2 Å². The van der Waals surface area contributed by atoms with E-state index in [0.717, 1.165) is 30.6 Å². The van der Waals surface area contributed by atoms with Crippen LogP contribution in [0.5, 0.6) is 5.75 Å². The number of ether oxygens (including phenoxy) is 2. The Morgan fingerprint density at radius 2 is 1.92 bits per heavy atom. The molecule has 0 saturated carbocycles. The third-order valence-electron chi connectivity index (χ3n) is 4.19. The van der Waals surface area contributed by atoms with Crippen LogP contribution in [0.1, 0.15) is 25.3 Å². The summed E-state index contributed by atoms with van der Waals surface area (Å²) in [5.41, 5.74) is 1.10. The number of piperidine rings is 1. The molecule has 1 N–H and O–H groups in total. The summed E-state index contributed by atoms with van der Waals surface area (Å²) in [6, 6.07) is 7.89. The van der Waals surface area contributed by atoms with Gasteiger partial charge in [-0.15, -0.1) is 0 Å². The Morgan fingerprint density at radius 1 is 1.21 bits per heavy atom. The molecular formula is C18H26N2O4. The number of rotatable bonds is 7. The highest BCUT2D eigenvalue weighted by molar-refractivity contribution is 5.78. The van der Waals surface area contributed by atoms with Gasteiger partial charge in [-0.1, -0.05) is 25.1 Å². The van der Waals surface area contributed by atoms with Crippen molar-refractivity contribution in [3.8, 4) is 5.75 Å². The summed E-state index contributed by atoms with van der Waals surface area (Å²) >= 11 is 0. The highest BCUT2D eigenvalue weighted by atomic mass is 16.5. The summed E-state index contributed by atoms with van der Waals surface area (Å²) in [7, 11) is 1.50. The Labute approximate surface area is 143 Å². The fourth-order valence-corrected chi connectivity index (χ4v) is 2.84. The first-order valence-electron chi connectivity index (χ1n) is 8.40. The summed E-state index contributed by atoms with van der Waals surface area (Å²) in [6.45, 7) is 3.46. The molecular weight excluding hydrogens is 308 g/mol. The number of hydrogen-bond acceptors (Lipinski definition) is 4. The van der Waals surface area contributed by atoms with Gasteiger partial charge in [0.25, 0.3) is 5.91 Å². The van der Waals surface area contributed by atoms with E-state index in [4.69, 9.17) is 9.47 Å². The van der Waals surface area contributed by atoms with Crippen LogP contribution >= 0.6 is 0 Å². The van der Waals surface area contributed by atoms with Crippen molar-refractivity contribution in [1.82, 2.24) is 10.2 Å². The summed E-state index contributed by atoms with van der Waals surface area (Å²) < 4.78 is 10.5. The lowest BCUT2D eigenvalue weighted by atomic mass is 10.1. The van der Waals surface area contributed by atoms with E-state index in [1.54, 1.807) is 4.90 Å². The Kier molecular flexibility index (Phi) is 7.06. The molecule has 132 valence electrons. The van der Waals surface area contributed by atoms with Gasteiger partial charge in [-0.2, -0.15) is 0 Å². The number of benzene rings is 1. The van der Waals surface area contributed by atoms with Gasteiger partial charge in [-0.3, -0.25) is 9.59 Å². The number of carbonyl (C=O) groups is 2. The lowest BCUT2D eigenvalue weighted by molar-refractivity contribution is -0.134. The zero-order valence-corrected chi connectivity index (χ0v) is 14.4. The fraction of sp³-hybridized carbons (Fsp3) is 0.556. The molecule has 0 aliphatic carbocycles. The monoisotopic (exact) mass is 334 g/mol. The smallest absolute Gasteiger partial charge is 0.260 e. The third-order valence-corrected chi connectivity index (χ3v) is 4.19. The molecule has 0 spiro atoms. The SMILES string of the molecule is CCc1ccccc1OCC(=O)N1CCC(NC(=O)COC)CC1. The third kappa shape index (κ3) is 5.23. The van der Waals surface area contributed by atoms with Crippen LogP contribution in [-0.2, 0) is 20.7 Å². The van der Waals surface area contributed by atoms with Crippen molar-refractivity contribution in [2.75, 3.05) is 33.4 Å². The number of aryl methyl sites for hydroxylation is 1. The minimum absolute atomic E-state index is 0.0115. The van der Waals surface area contributed by atoms with E-state index in [1.807, 2.05) is 24.3 Å². The predicted octanol–water partition coefficient (Wildman–Crippen LogP) is 1.38. The van der Waals surface area contributed by atoms with Crippen molar-refractivity contribution in [3.63, 3.8) is 0 Å². The highest BCUT2D eigenvalue weighted by Crippen LogP contribution is 2.18. The number of hydrogen-bond donors (Lipinski definition) is 1. The van der Waals surface area contributed by atoms with Crippen LogP contribution in [0.25, 0.3) is 0 Å². The Hall–Kier alpha value is -2.08. The number of methoxy groups -OCH3 is 1. The molecule has 0 radical (unpaired) electrons. The van der Waals surface area contributed by atoms with Crippen LogP contribution in [0, 0.1) is 0 Å². The fourth-order valence-electron chi connectivity index (χ4n) is 2.84.